The molecule has 2 N–H and O–H groups in total. The van der Waals surface area contributed by atoms with E-state index < -0.39 is 0 Å². The van der Waals surface area contributed by atoms with Gasteiger partial charge in [0, 0.05) is 45.5 Å². The van der Waals surface area contributed by atoms with Crippen molar-refractivity contribution in [1.82, 2.24) is 15.6 Å². The maximum absolute atomic E-state index is 5.92. The predicted octanol–water partition coefficient (Wildman–Crippen LogP) is 3.29. The Bertz CT molecular complexity index is 696. The molecule has 0 fully saturated rings. The molecule has 0 atom stereocenters. The number of aryl methyl sites for hydroxylation is 1. The smallest absolute Gasteiger partial charge is 0.191 e. The molecule has 27 heavy (non-hydrogen) atoms. The number of halogens is 1. The maximum atomic E-state index is 5.92. The van der Waals surface area contributed by atoms with E-state index in [0.717, 1.165) is 29.4 Å². The lowest BCUT2D eigenvalue weighted by Gasteiger charge is -2.15. The predicted molar refractivity (Wildman–Crippen MR) is 120 cm³/mol. The van der Waals surface area contributed by atoms with Crippen LogP contribution < -0.4 is 15.4 Å². The molecule has 0 saturated heterocycles. The number of nitrogens with zero attached hydrogens (tertiary/aromatic N) is 2. The van der Waals surface area contributed by atoms with Gasteiger partial charge in [-0.1, -0.05) is 18.2 Å². The molecule has 148 valence electrons. The lowest BCUT2D eigenvalue weighted by atomic mass is 10.1. The summed E-state index contributed by atoms with van der Waals surface area (Å²) < 4.78 is 11.0. The summed E-state index contributed by atoms with van der Waals surface area (Å²) in [4.78, 5) is 8.56. The summed E-state index contributed by atoms with van der Waals surface area (Å²) >= 11 is 0. The second-order valence-electron chi connectivity index (χ2n) is 5.91. The summed E-state index contributed by atoms with van der Waals surface area (Å²) in [5, 5.41) is 6.59. The summed E-state index contributed by atoms with van der Waals surface area (Å²) in [6.07, 6.45) is 2.65. The lowest BCUT2D eigenvalue weighted by Crippen LogP contribution is -2.36. The SMILES string of the molecule is CN=C(NCc1ccccn1)NCc1ccc(C)cc1OCCCOC.I. The first-order valence-corrected chi connectivity index (χ1v) is 8.78. The number of nitrogens with one attached hydrogen (secondary N) is 2. The summed E-state index contributed by atoms with van der Waals surface area (Å²) in [5.74, 6) is 1.62. The number of aliphatic imine (C=N–C) groups is 1. The largest absolute Gasteiger partial charge is 0.493 e. The molecule has 0 aliphatic rings. The van der Waals surface area contributed by atoms with E-state index >= 15 is 0 Å². The van der Waals surface area contributed by atoms with Gasteiger partial charge in [-0.2, -0.15) is 0 Å². The van der Waals surface area contributed by atoms with E-state index in [1.165, 1.54) is 5.56 Å². The van der Waals surface area contributed by atoms with E-state index in [4.69, 9.17) is 9.47 Å². The van der Waals surface area contributed by atoms with E-state index in [0.29, 0.717) is 26.3 Å². The minimum Gasteiger partial charge on any atom is -0.493 e. The van der Waals surface area contributed by atoms with Crippen molar-refractivity contribution in [2.45, 2.75) is 26.4 Å². The average Bonchev–Trinajstić information content (AvgIpc) is 2.67. The normalized spacial score (nSPS) is 10.9. The van der Waals surface area contributed by atoms with Crippen LogP contribution >= 0.6 is 24.0 Å². The molecule has 2 rings (SSSR count). The highest BCUT2D eigenvalue weighted by Gasteiger charge is 2.06. The number of pyridine rings is 1. The van der Waals surface area contributed by atoms with Crippen LogP contribution in [0.3, 0.4) is 0 Å². The summed E-state index contributed by atoms with van der Waals surface area (Å²) in [6.45, 7) is 4.64. The summed E-state index contributed by atoms with van der Waals surface area (Å²) in [6, 6.07) is 12.1. The molecule has 6 nitrogen and oxygen atoms in total. The van der Waals surface area contributed by atoms with Crippen LogP contribution in [0.2, 0.25) is 0 Å². The highest BCUT2D eigenvalue weighted by molar-refractivity contribution is 14.0. The van der Waals surface area contributed by atoms with Crippen molar-refractivity contribution in [2.24, 2.45) is 4.99 Å². The Kier molecular flexibility index (Phi) is 11.4. The molecule has 7 heteroatoms. The molecule has 0 spiro atoms. The third-order valence-electron chi connectivity index (χ3n) is 3.81. The zero-order chi connectivity index (χ0) is 18.6. The zero-order valence-electron chi connectivity index (χ0n) is 16.2. The molecule has 0 saturated carbocycles. The van der Waals surface area contributed by atoms with Crippen molar-refractivity contribution in [3.8, 4) is 5.75 Å². The molecule has 0 unspecified atom stereocenters. The Labute approximate surface area is 178 Å². The summed E-state index contributed by atoms with van der Waals surface area (Å²) in [5.41, 5.74) is 3.23. The highest BCUT2D eigenvalue weighted by atomic mass is 127. The maximum Gasteiger partial charge on any atom is 0.191 e. The van der Waals surface area contributed by atoms with Crippen molar-refractivity contribution in [3.05, 3.63) is 59.4 Å². The minimum absolute atomic E-state index is 0. The number of hydrogen-bond acceptors (Lipinski definition) is 4. The molecule has 2 aromatic rings. The second kappa shape index (κ2) is 13.3. The number of aromatic nitrogens is 1. The second-order valence-corrected chi connectivity index (χ2v) is 5.91. The fraction of sp³-hybridized carbons (Fsp3) is 0.400. The molecule has 0 amide bonds. The van der Waals surface area contributed by atoms with Gasteiger partial charge in [-0.3, -0.25) is 9.98 Å². The Hall–Kier alpha value is -1.87. The van der Waals surface area contributed by atoms with Gasteiger partial charge in [0.2, 0.25) is 0 Å². The third kappa shape index (κ3) is 8.57. The van der Waals surface area contributed by atoms with E-state index in [1.54, 1.807) is 20.4 Å². The van der Waals surface area contributed by atoms with E-state index in [1.807, 2.05) is 18.2 Å². The first kappa shape index (κ1) is 23.2. The number of rotatable bonds is 9. The van der Waals surface area contributed by atoms with Crippen LogP contribution in [0.4, 0.5) is 0 Å². The topological polar surface area (TPSA) is 67.8 Å². The number of hydrogen-bond donors (Lipinski definition) is 2. The number of benzene rings is 1. The Morgan fingerprint density at radius 1 is 1.11 bits per heavy atom. The minimum atomic E-state index is 0. The third-order valence-corrected chi connectivity index (χ3v) is 3.81. The number of ether oxygens (including phenoxy) is 2. The quantitative estimate of drug-likeness (QED) is 0.248. The fourth-order valence-electron chi connectivity index (χ4n) is 2.40. The Morgan fingerprint density at radius 3 is 2.63 bits per heavy atom. The molecule has 0 aliphatic heterocycles. The molecule has 1 aromatic heterocycles. The summed E-state index contributed by atoms with van der Waals surface area (Å²) in [7, 11) is 3.46. The number of guanidine groups is 1. The van der Waals surface area contributed by atoms with Crippen LogP contribution in [0.15, 0.2) is 47.6 Å². The molecule has 0 radical (unpaired) electrons. The Balaban J connectivity index is 0.00000364. The van der Waals surface area contributed by atoms with Crippen LogP contribution in [0, 0.1) is 6.92 Å². The van der Waals surface area contributed by atoms with Crippen LogP contribution in [0.1, 0.15) is 23.2 Å². The van der Waals surface area contributed by atoms with Gasteiger partial charge in [0.15, 0.2) is 5.96 Å². The lowest BCUT2D eigenvalue weighted by molar-refractivity contribution is 0.171. The average molecular weight is 484 g/mol. The molecule has 1 heterocycles. The molecular weight excluding hydrogens is 455 g/mol. The van der Waals surface area contributed by atoms with Crippen LogP contribution in [-0.4, -0.2) is 38.3 Å². The van der Waals surface area contributed by atoms with Crippen molar-refractivity contribution in [2.75, 3.05) is 27.4 Å². The van der Waals surface area contributed by atoms with Gasteiger partial charge in [0.1, 0.15) is 5.75 Å². The van der Waals surface area contributed by atoms with Gasteiger partial charge >= 0.3 is 0 Å². The highest BCUT2D eigenvalue weighted by Crippen LogP contribution is 2.20. The molecule has 0 bridgehead atoms. The molecule has 0 aliphatic carbocycles. The van der Waals surface area contributed by atoms with Gasteiger partial charge in [-0.15, -0.1) is 24.0 Å². The molecule has 1 aromatic carbocycles. The zero-order valence-corrected chi connectivity index (χ0v) is 18.5. The van der Waals surface area contributed by atoms with E-state index in [9.17, 15) is 0 Å². The van der Waals surface area contributed by atoms with Crippen molar-refractivity contribution in [3.63, 3.8) is 0 Å². The first-order chi connectivity index (χ1) is 12.7. The fourth-order valence-corrected chi connectivity index (χ4v) is 2.40. The van der Waals surface area contributed by atoms with Gasteiger partial charge in [-0.25, -0.2) is 0 Å². The van der Waals surface area contributed by atoms with Gasteiger partial charge in [0.25, 0.3) is 0 Å². The first-order valence-electron chi connectivity index (χ1n) is 8.78. The monoisotopic (exact) mass is 484 g/mol. The van der Waals surface area contributed by atoms with Gasteiger partial charge in [-0.05, 0) is 30.7 Å². The van der Waals surface area contributed by atoms with Crippen LogP contribution in [0.25, 0.3) is 0 Å². The van der Waals surface area contributed by atoms with Gasteiger partial charge in [0.05, 0.1) is 18.8 Å². The van der Waals surface area contributed by atoms with Gasteiger partial charge < -0.3 is 20.1 Å². The standard InChI is InChI=1S/C20H28N4O2.HI/c1-16-8-9-17(19(13-16)26-12-6-11-25-3)14-23-20(21-2)24-15-18-7-4-5-10-22-18;/h4-5,7-10,13H,6,11-12,14-15H2,1-3H3,(H2,21,23,24);1H. The van der Waals surface area contributed by atoms with E-state index in [2.05, 4.69) is 45.7 Å². The van der Waals surface area contributed by atoms with Crippen LogP contribution in [0.5, 0.6) is 5.75 Å². The Morgan fingerprint density at radius 2 is 1.93 bits per heavy atom. The van der Waals surface area contributed by atoms with Crippen LogP contribution in [-0.2, 0) is 17.8 Å². The van der Waals surface area contributed by atoms with Crippen molar-refractivity contribution < 1.29 is 9.47 Å². The van der Waals surface area contributed by atoms with Crippen molar-refractivity contribution in [1.29, 1.82) is 0 Å². The molecular formula is C20H29IN4O2. The van der Waals surface area contributed by atoms with E-state index in [-0.39, 0.29) is 24.0 Å². The van der Waals surface area contributed by atoms with Crippen molar-refractivity contribution >= 4 is 29.9 Å². The number of methoxy groups -OCH3 is 1.